The number of pyridine rings is 2. The van der Waals surface area contributed by atoms with E-state index >= 15 is 0 Å². The molecule has 0 saturated carbocycles. The minimum atomic E-state index is -3.87. The largest absolute Gasteiger partial charge is 0.456 e. The van der Waals surface area contributed by atoms with Gasteiger partial charge in [0.1, 0.15) is 11.5 Å². The van der Waals surface area contributed by atoms with Crippen molar-refractivity contribution < 1.29 is 13.2 Å². The maximum absolute atomic E-state index is 13.0. The topological polar surface area (TPSA) is 143 Å². The zero-order valence-corrected chi connectivity index (χ0v) is 21.6. The first-order valence-corrected chi connectivity index (χ1v) is 13.2. The molecule has 11 heteroatoms. The third-order valence-electron chi connectivity index (χ3n) is 5.62. The number of aromatic nitrogens is 4. The number of ether oxygens (including phenoxy) is 1. The summed E-state index contributed by atoms with van der Waals surface area (Å²) in [6, 6.07) is 16.9. The molecular weight excluding hydrogens is 514 g/mol. The maximum Gasteiger partial charge on any atom is 0.261 e. The molecule has 5 aromatic rings. The van der Waals surface area contributed by atoms with Gasteiger partial charge in [0.25, 0.3) is 10.0 Å². The Morgan fingerprint density at radius 3 is 2.49 bits per heavy atom. The number of allylic oxidation sites excluding steroid dienone is 1. The lowest BCUT2D eigenvalue weighted by Gasteiger charge is -2.11. The standard InChI is InChI=1S/C28H23N7O3S/c1-30-14-21(13-29)28-18-33-26-9-4-19(12-27(26)34-28)20-11-22(16-32-15-20)35-39(36,37)25-7-5-23(6-8-25)38-24-3-2-10-31-17-24/h2-18,29-30,35H,1H3/b21-14+,29-13?. The zero-order chi connectivity index (χ0) is 27.2. The Hall–Kier alpha value is -5.16. The molecule has 194 valence electrons. The van der Waals surface area contributed by atoms with Crippen molar-refractivity contribution in [3.05, 3.63) is 104 Å². The summed E-state index contributed by atoms with van der Waals surface area (Å²) < 4.78 is 34.4. The fourth-order valence-electron chi connectivity index (χ4n) is 3.77. The van der Waals surface area contributed by atoms with E-state index in [4.69, 9.17) is 10.1 Å². The van der Waals surface area contributed by atoms with Crippen LogP contribution in [0.4, 0.5) is 5.69 Å². The van der Waals surface area contributed by atoms with Crippen LogP contribution in [0.15, 0.2) is 103 Å². The van der Waals surface area contributed by atoms with Crippen LogP contribution in [0, 0.1) is 5.41 Å². The van der Waals surface area contributed by atoms with E-state index < -0.39 is 10.0 Å². The van der Waals surface area contributed by atoms with Crippen molar-refractivity contribution in [3.63, 3.8) is 0 Å². The second kappa shape index (κ2) is 11.1. The number of hydrogen-bond acceptors (Lipinski definition) is 9. The molecule has 3 heterocycles. The summed E-state index contributed by atoms with van der Waals surface area (Å²) in [5.41, 5.74) is 4.26. The highest BCUT2D eigenvalue weighted by Crippen LogP contribution is 2.27. The minimum absolute atomic E-state index is 0.0802. The minimum Gasteiger partial charge on any atom is -0.456 e. The van der Waals surface area contributed by atoms with E-state index in [-0.39, 0.29) is 4.90 Å². The van der Waals surface area contributed by atoms with Gasteiger partial charge >= 0.3 is 0 Å². The summed E-state index contributed by atoms with van der Waals surface area (Å²) in [5, 5.41) is 10.5. The number of anilines is 1. The number of nitrogens with zero attached hydrogens (tertiary/aromatic N) is 4. The normalized spacial score (nSPS) is 11.7. The fourth-order valence-corrected chi connectivity index (χ4v) is 4.81. The van der Waals surface area contributed by atoms with Crippen LogP contribution in [0.2, 0.25) is 0 Å². The summed E-state index contributed by atoms with van der Waals surface area (Å²) in [6.07, 6.45) is 10.8. The smallest absolute Gasteiger partial charge is 0.261 e. The van der Waals surface area contributed by atoms with Crippen LogP contribution >= 0.6 is 0 Å². The van der Waals surface area contributed by atoms with Crippen molar-refractivity contribution in [2.45, 2.75) is 4.90 Å². The second-order valence-electron chi connectivity index (χ2n) is 8.32. The lowest BCUT2D eigenvalue weighted by molar-refractivity contribution is 0.480. The van der Waals surface area contributed by atoms with Gasteiger partial charge in [-0.3, -0.25) is 19.7 Å². The third kappa shape index (κ3) is 5.89. The van der Waals surface area contributed by atoms with Crippen LogP contribution in [0.25, 0.3) is 27.7 Å². The number of fused-ring (bicyclic) bond motifs is 1. The van der Waals surface area contributed by atoms with E-state index in [9.17, 15) is 8.42 Å². The molecule has 2 aromatic carbocycles. The highest BCUT2D eigenvalue weighted by molar-refractivity contribution is 7.92. The van der Waals surface area contributed by atoms with Crippen LogP contribution in [-0.4, -0.2) is 41.6 Å². The Morgan fingerprint density at radius 1 is 0.897 bits per heavy atom. The molecule has 3 aromatic heterocycles. The van der Waals surface area contributed by atoms with E-state index in [1.54, 1.807) is 68.4 Å². The molecule has 10 nitrogen and oxygen atoms in total. The Labute approximate surface area is 225 Å². The highest BCUT2D eigenvalue weighted by atomic mass is 32.2. The molecule has 39 heavy (non-hydrogen) atoms. The lowest BCUT2D eigenvalue weighted by atomic mass is 10.1. The van der Waals surface area contributed by atoms with Crippen LogP contribution < -0.4 is 14.8 Å². The van der Waals surface area contributed by atoms with Crippen LogP contribution in [0.1, 0.15) is 5.69 Å². The van der Waals surface area contributed by atoms with Gasteiger partial charge in [0, 0.05) is 43.0 Å². The molecule has 0 bridgehead atoms. The first kappa shape index (κ1) is 25.5. The molecular formula is C28H23N7O3S. The van der Waals surface area contributed by atoms with Gasteiger partial charge in [-0.25, -0.2) is 13.4 Å². The van der Waals surface area contributed by atoms with Gasteiger partial charge in [-0.1, -0.05) is 6.07 Å². The van der Waals surface area contributed by atoms with Gasteiger partial charge in [0.15, 0.2) is 0 Å². The van der Waals surface area contributed by atoms with Gasteiger partial charge in [-0.05, 0) is 60.2 Å². The molecule has 0 spiro atoms. The average molecular weight is 538 g/mol. The van der Waals surface area contributed by atoms with E-state index in [0.717, 1.165) is 5.56 Å². The molecule has 0 radical (unpaired) electrons. The molecule has 0 atom stereocenters. The van der Waals surface area contributed by atoms with Gasteiger partial charge in [-0.15, -0.1) is 0 Å². The fraction of sp³-hybridized carbons (Fsp3) is 0.0357. The Bertz CT molecular complexity index is 1780. The lowest BCUT2D eigenvalue weighted by Crippen LogP contribution is -2.13. The van der Waals surface area contributed by atoms with E-state index in [1.807, 2.05) is 18.2 Å². The molecule has 3 N–H and O–H groups in total. The molecule has 0 saturated heterocycles. The third-order valence-corrected chi connectivity index (χ3v) is 7.02. The van der Waals surface area contributed by atoms with Crippen molar-refractivity contribution in [1.82, 2.24) is 25.3 Å². The molecule has 0 aliphatic rings. The van der Waals surface area contributed by atoms with Crippen molar-refractivity contribution in [2.24, 2.45) is 0 Å². The first-order valence-electron chi connectivity index (χ1n) is 11.8. The Kier molecular flexibility index (Phi) is 7.23. The molecule has 0 aliphatic carbocycles. The molecule has 0 fully saturated rings. The number of nitrogens with one attached hydrogen (secondary N) is 3. The summed E-state index contributed by atoms with van der Waals surface area (Å²) in [7, 11) is -2.13. The number of hydrogen-bond donors (Lipinski definition) is 3. The number of rotatable bonds is 9. The number of sulfonamides is 1. The summed E-state index contributed by atoms with van der Waals surface area (Å²) in [6.45, 7) is 0. The van der Waals surface area contributed by atoms with Gasteiger partial charge in [0.05, 0.1) is 45.9 Å². The SMILES string of the molecule is CN/C=C(\C=N)c1cnc2ccc(-c3cncc(NS(=O)(=O)c4ccc(Oc5cccnc5)cc4)c3)cc2n1. The van der Waals surface area contributed by atoms with Gasteiger partial charge in [0.2, 0.25) is 0 Å². The van der Waals surface area contributed by atoms with Crippen molar-refractivity contribution in [2.75, 3.05) is 11.8 Å². The quantitative estimate of drug-likeness (QED) is 0.226. The van der Waals surface area contributed by atoms with Crippen molar-refractivity contribution in [3.8, 4) is 22.6 Å². The summed E-state index contributed by atoms with van der Waals surface area (Å²) in [5.74, 6) is 1.04. The highest BCUT2D eigenvalue weighted by Gasteiger charge is 2.15. The van der Waals surface area contributed by atoms with Crippen molar-refractivity contribution in [1.29, 1.82) is 5.41 Å². The average Bonchev–Trinajstić information content (AvgIpc) is 2.96. The first-order chi connectivity index (χ1) is 18.9. The van der Waals surface area contributed by atoms with Crippen LogP contribution in [0.5, 0.6) is 11.5 Å². The number of benzene rings is 2. The van der Waals surface area contributed by atoms with Crippen LogP contribution in [-0.2, 0) is 10.0 Å². The van der Waals surface area contributed by atoms with Gasteiger partial charge < -0.3 is 15.5 Å². The second-order valence-corrected chi connectivity index (χ2v) is 10.0. The summed E-state index contributed by atoms with van der Waals surface area (Å²) in [4.78, 5) is 17.4. The van der Waals surface area contributed by atoms with Gasteiger partial charge in [-0.2, -0.15) is 0 Å². The molecule has 0 aliphatic heterocycles. The molecule has 0 unspecified atom stereocenters. The zero-order valence-electron chi connectivity index (χ0n) is 20.7. The Morgan fingerprint density at radius 2 is 1.74 bits per heavy atom. The molecule has 0 amide bonds. The van der Waals surface area contributed by atoms with E-state index in [0.29, 0.717) is 45.1 Å². The molecule has 5 rings (SSSR count). The van der Waals surface area contributed by atoms with E-state index in [1.165, 1.54) is 24.5 Å². The predicted molar refractivity (Wildman–Crippen MR) is 150 cm³/mol. The van der Waals surface area contributed by atoms with E-state index in [2.05, 4.69) is 30.0 Å². The van der Waals surface area contributed by atoms with Crippen molar-refractivity contribution >= 4 is 38.5 Å². The van der Waals surface area contributed by atoms with Crippen LogP contribution in [0.3, 0.4) is 0 Å². The summed E-state index contributed by atoms with van der Waals surface area (Å²) >= 11 is 0. The maximum atomic E-state index is 13.0. The predicted octanol–water partition coefficient (Wildman–Crippen LogP) is 4.89. The Balaban J connectivity index is 1.37. The monoisotopic (exact) mass is 537 g/mol.